The maximum Gasteiger partial charge on any atom is 0.161 e. The molecule has 0 saturated heterocycles. The molecular formula is C21H24O3. The fraction of sp³-hybridized carbons (Fsp3) is 0.381. The SMILES string of the molecule is COc1ccc(C2CCC(C)(C)C2=O)cc1OCc1ccccc1. The molecule has 1 unspecified atom stereocenters. The van der Waals surface area contributed by atoms with Gasteiger partial charge in [-0.05, 0) is 36.1 Å². The third-order valence-corrected chi connectivity index (χ3v) is 4.87. The summed E-state index contributed by atoms with van der Waals surface area (Å²) in [5.74, 6) is 1.67. The van der Waals surface area contributed by atoms with Crippen molar-refractivity contribution in [3.8, 4) is 11.5 Å². The van der Waals surface area contributed by atoms with E-state index in [-0.39, 0.29) is 11.3 Å². The van der Waals surface area contributed by atoms with Crippen LogP contribution in [0, 0.1) is 5.41 Å². The molecule has 3 nitrogen and oxygen atoms in total. The van der Waals surface area contributed by atoms with E-state index in [1.54, 1.807) is 7.11 Å². The molecule has 1 atom stereocenters. The van der Waals surface area contributed by atoms with Gasteiger partial charge in [0, 0.05) is 11.3 Å². The molecule has 0 bridgehead atoms. The predicted octanol–water partition coefficient (Wildman–Crippen LogP) is 4.75. The summed E-state index contributed by atoms with van der Waals surface area (Å²) >= 11 is 0. The molecule has 1 fully saturated rings. The smallest absolute Gasteiger partial charge is 0.161 e. The summed E-state index contributed by atoms with van der Waals surface area (Å²) in [7, 11) is 1.63. The number of Topliss-reactive ketones (excluding diaryl/α,β-unsaturated/α-hetero) is 1. The van der Waals surface area contributed by atoms with Crippen LogP contribution in [0.5, 0.6) is 11.5 Å². The van der Waals surface area contributed by atoms with E-state index in [0.29, 0.717) is 23.9 Å². The van der Waals surface area contributed by atoms with Crippen molar-refractivity contribution in [2.75, 3.05) is 7.11 Å². The largest absolute Gasteiger partial charge is 0.493 e. The number of carbonyl (C=O) groups excluding carboxylic acids is 1. The number of hydrogen-bond donors (Lipinski definition) is 0. The van der Waals surface area contributed by atoms with Crippen molar-refractivity contribution in [2.45, 2.75) is 39.2 Å². The van der Waals surface area contributed by atoms with Crippen molar-refractivity contribution in [3.63, 3.8) is 0 Å². The van der Waals surface area contributed by atoms with Crippen molar-refractivity contribution in [1.29, 1.82) is 0 Å². The van der Waals surface area contributed by atoms with Crippen molar-refractivity contribution in [1.82, 2.24) is 0 Å². The minimum atomic E-state index is -0.227. The molecule has 0 heterocycles. The molecule has 1 aliphatic rings. The lowest BCUT2D eigenvalue weighted by atomic mass is 9.87. The average Bonchev–Trinajstić information content (AvgIpc) is 2.87. The van der Waals surface area contributed by atoms with Gasteiger partial charge in [-0.2, -0.15) is 0 Å². The van der Waals surface area contributed by atoms with Gasteiger partial charge in [0.25, 0.3) is 0 Å². The summed E-state index contributed by atoms with van der Waals surface area (Å²) in [5.41, 5.74) is 1.90. The third-order valence-electron chi connectivity index (χ3n) is 4.87. The predicted molar refractivity (Wildman–Crippen MR) is 94.5 cm³/mol. The Bertz CT molecular complexity index is 719. The van der Waals surface area contributed by atoms with Gasteiger partial charge in [0.15, 0.2) is 11.5 Å². The van der Waals surface area contributed by atoms with E-state index in [1.807, 2.05) is 62.4 Å². The quantitative estimate of drug-likeness (QED) is 0.796. The first-order chi connectivity index (χ1) is 11.5. The first-order valence-electron chi connectivity index (χ1n) is 8.40. The van der Waals surface area contributed by atoms with Crippen LogP contribution in [0.25, 0.3) is 0 Å². The van der Waals surface area contributed by atoms with Crippen molar-refractivity contribution < 1.29 is 14.3 Å². The molecule has 1 aliphatic carbocycles. The minimum Gasteiger partial charge on any atom is -0.493 e. The third kappa shape index (κ3) is 3.30. The van der Waals surface area contributed by atoms with Crippen LogP contribution in [-0.4, -0.2) is 12.9 Å². The Morgan fingerprint density at radius 3 is 2.46 bits per heavy atom. The van der Waals surface area contributed by atoms with Crippen molar-refractivity contribution in [2.24, 2.45) is 5.41 Å². The second-order valence-corrected chi connectivity index (χ2v) is 7.02. The van der Waals surface area contributed by atoms with Crippen LogP contribution in [0.15, 0.2) is 48.5 Å². The van der Waals surface area contributed by atoms with Gasteiger partial charge in [0.05, 0.1) is 7.11 Å². The summed E-state index contributed by atoms with van der Waals surface area (Å²) < 4.78 is 11.4. The van der Waals surface area contributed by atoms with Crippen molar-refractivity contribution >= 4 is 5.78 Å². The van der Waals surface area contributed by atoms with Crippen LogP contribution in [0.3, 0.4) is 0 Å². The van der Waals surface area contributed by atoms with Crippen LogP contribution in [0.2, 0.25) is 0 Å². The van der Waals surface area contributed by atoms with E-state index in [0.717, 1.165) is 24.0 Å². The van der Waals surface area contributed by atoms with Gasteiger partial charge in [-0.15, -0.1) is 0 Å². The Morgan fingerprint density at radius 1 is 1.08 bits per heavy atom. The zero-order valence-electron chi connectivity index (χ0n) is 14.5. The number of rotatable bonds is 5. The van der Waals surface area contributed by atoms with E-state index in [9.17, 15) is 4.79 Å². The van der Waals surface area contributed by atoms with Crippen molar-refractivity contribution in [3.05, 3.63) is 59.7 Å². The normalized spacial score (nSPS) is 19.3. The zero-order valence-corrected chi connectivity index (χ0v) is 14.5. The van der Waals surface area contributed by atoms with E-state index < -0.39 is 0 Å². The molecule has 2 aromatic rings. The van der Waals surface area contributed by atoms with Crippen LogP contribution >= 0.6 is 0 Å². The monoisotopic (exact) mass is 324 g/mol. The van der Waals surface area contributed by atoms with Crippen LogP contribution in [-0.2, 0) is 11.4 Å². The molecule has 1 saturated carbocycles. The number of benzene rings is 2. The maximum absolute atomic E-state index is 12.6. The molecule has 0 aromatic heterocycles. The van der Waals surface area contributed by atoms with Gasteiger partial charge in [-0.3, -0.25) is 4.79 Å². The molecule has 2 aromatic carbocycles. The Kier molecular flexibility index (Phi) is 4.61. The van der Waals surface area contributed by atoms with Crippen LogP contribution in [0.4, 0.5) is 0 Å². The average molecular weight is 324 g/mol. The van der Waals surface area contributed by atoms with Crippen LogP contribution in [0.1, 0.15) is 43.7 Å². The molecule has 0 spiro atoms. The molecule has 0 aliphatic heterocycles. The summed E-state index contributed by atoms with van der Waals surface area (Å²) in [6.07, 6.45) is 1.83. The summed E-state index contributed by atoms with van der Waals surface area (Å²) in [5, 5.41) is 0. The summed E-state index contributed by atoms with van der Waals surface area (Å²) in [6, 6.07) is 15.9. The van der Waals surface area contributed by atoms with Crippen LogP contribution < -0.4 is 9.47 Å². The molecule has 3 heteroatoms. The summed E-state index contributed by atoms with van der Waals surface area (Å²) in [4.78, 5) is 12.6. The van der Waals surface area contributed by atoms with Gasteiger partial charge in [0.2, 0.25) is 0 Å². The number of ether oxygens (including phenoxy) is 2. The molecule has 126 valence electrons. The molecule has 0 radical (unpaired) electrons. The molecular weight excluding hydrogens is 300 g/mol. The topological polar surface area (TPSA) is 35.5 Å². The van der Waals surface area contributed by atoms with E-state index >= 15 is 0 Å². The fourth-order valence-corrected chi connectivity index (χ4v) is 3.31. The lowest BCUT2D eigenvalue weighted by Crippen LogP contribution is -2.20. The summed E-state index contributed by atoms with van der Waals surface area (Å²) in [6.45, 7) is 4.54. The van der Waals surface area contributed by atoms with Gasteiger partial charge < -0.3 is 9.47 Å². The van der Waals surface area contributed by atoms with E-state index in [4.69, 9.17) is 9.47 Å². The van der Waals surface area contributed by atoms with Gasteiger partial charge >= 0.3 is 0 Å². The Morgan fingerprint density at radius 2 is 1.83 bits per heavy atom. The Labute approximate surface area is 143 Å². The minimum absolute atomic E-state index is 0.0371. The van der Waals surface area contributed by atoms with E-state index in [2.05, 4.69) is 0 Å². The second-order valence-electron chi connectivity index (χ2n) is 7.02. The molecule has 3 rings (SSSR count). The number of hydrogen-bond acceptors (Lipinski definition) is 3. The van der Waals surface area contributed by atoms with Gasteiger partial charge in [0.1, 0.15) is 12.4 Å². The first kappa shape index (κ1) is 16.6. The standard InChI is InChI=1S/C21H24O3/c1-21(2)12-11-17(20(21)22)16-9-10-18(23-3)19(13-16)24-14-15-7-5-4-6-8-15/h4-10,13,17H,11-12,14H2,1-3H3. The fourth-order valence-electron chi connectivity index (χ4n) is 3.31. The number of ketones is 1. The first-order valence-corrected chi connectivity index (χ1v) is 8.40. The highest BCUT2D eigenvalue weighted by atomic mass is 16.5. The van der Waals surface area contributed by atoms with Gasteiger partial charge in [-0.25, -0.2) is 0 Å². The molecule has 0 amide bonds. The number of carbonyl (C=O) groups is 1. The highest BCUT2D eigenvalue weighted by Gasteiger charge is 2.41. The maximum atomic E-state index is 12.6. The Balaban J connectivity index is 1.82. The second kappa shape index (κ2) is 6.68. The number of methoxy groups -OCH3 is 1. The van der Waals surface area contributed by atoms with E-state index in [1.165, 1.54) is 0 Å². The molecule has 0 N–H and O–H groups in total. The highest BCUT2D eigenvalue weighted by Crippen LogP contribution is 2.44. The highest BCUT2D eigenvalue weighted by molar-refractivity contribution is 5.92. The lowest BCUT2D eigenvalue weighted by molar-refractivity contribution is -0.125. The lowest BCUT2D eigenvalue weighted by Gasteiger charge is -2.17. The zero-order chi connectivity index (χ0) is 17.2. The Hall–Kier alpha value is -2.29. The van der Waals surface area contributed by atoms with Gasteiger partial charge in [-0.1, -0.05) is 50.2 Å². The molecule has 24 heavy (non-hydrogen) atoms.